The summed E-state index contributed by atoms with van der Waals surface area (Å²) < 4.78 is 11.7. The Morgan fingerprint density at radius 2 is 2.27 bits per heavy atom. The van der Waals surface area contributed by atoms with Gasteiger partial charge in [-0.15, -0.1) is 0 Å². The first-order chi connectivity index (χ1) is 7.01. The summed E-state index contributed by atoms with van der Waals surface area (Å²) in [5, 5.41) is 0. The third-order valence-corrected chi connectivity index (χ3v) is 3.10. The minimum atomic E-state index is -0.266. The molecule has 1 fully saturated rings. The van der Waals surface area contributed by atoms with Crippen LogP contribution in [0.4, 0.5) is 0 Å². The van der Waals surface area contributed by atoms with E-state index in [0.29, 0.717) is 0 Å². The molecule has 0 unspecified atom stereocenters. The number of hydrogen-bond acceptors (Lipinski definition) is 2. The molecule has 1 aliphatic rings. The van der Waals surface area contributed by atoms with E-state index in [1.807, 2.05) is 26.0 Å². The van der Waals surface area contributed by atoms with Crippen molar-refractivity contribution in [2.45, 2.75) is 45.3 Å². The third-order valence-electron chi connectivity index (χ3n) is 3.10. The SMILES string of the molecule is C=C(C)[C@@H]1CC[C@](C)(c2ccc(C)o2)O1. The molecule has 0 aromatic carbocycles. The predicted molar refractivity (Wildman–Crippen MR) is 59.7 cm³/mol. The van der Waals surface area contributed by atoms with Crippen LogP contribution in [0.3, 0.4) is 0 Å². The third kappa shape index (κ3) is 1.86. The maximum absolute atomic E-state index is 6.02. The van der Waals surface area contributed by atoms with Gasteiger partial charge >= 0.3 is 0 Å². The molecule has 0 spiro atoms. The lowest BCUT2D eigenvalue weighted by Gasteiger charge is -2.22. The van der Waals surface area contributed by atoms with Crippen molar-refractivity contribution < 1.29 is 9.15 Å². The van der Waals surface area contributed by atoms with E-state index in [2.05, 4.69) is 13.5 Å². The molecular formula is C13H18O2. The monoisotopic (exact) mass is 206 g/mol. The van der Waals surface area contributed by atoms with Gasteiger partial charge in [-0.25, -0.2) is 0 Å². The predicted octanol–water partition coefficient (Wildman–Crippen LogP) is 3.56. The summed E-state index contributed by atoms with van der Waals surface area (Å²) in [6.45, 7) is 10.0. The standard InChI is InChI=1S/C13H18O2/c1-9(2)11-7-8-13(4,15-11)12-6-5-10(3)14-12/h5-6,11H,1,7-8H2,2-4H3/t11-,13+/m0/s1. The number of furan rings is 1. The van der Waals surface area contributed by atoms with Crippen molar-refractivity contribution in [2.24, 2.45) is 0 Å². The second-order valence-electron chi connectivity index (χ2n) is 4.63. The van der Waals surface area contributed by atoms with Gasteiger partial charge in [0.15, 0.2) is 0 Å². The van der Waals surface area contributed by atoms with E-state index in [4.69, 9.17) is 9.15 Å². The highest BCUT2D eigenvalue weighted by Gasteiger charge is 2.40. The molecule has 1 saturated heterocycles. The normalized spacial score (nSPS) is 30.7. The minimum Gasteiger partial charge on any atom is -0.463 e. The Morgan fingerprint density at radius 3 is 2.73 bits per heavy atom. The fraction of sp³-hybridized carbons (Fsp3) is 0.538. The Labute approximate surface area is 90.9 Å². The lowest BCUT2D eigenvalue weighted by Crippen LogP contribution is -2.21. The van der Waals surface area contributed by atoms with Crippen molar-refractivity contribution in [3.63, 3.8) is 0 Å². The second-order valence-corrected chi connectivity index (χ2v) is 4.63. The van der Waals surface area contributed by atoms with Crippen LogP contribution in [-0.4, -0.2) is 6.10 Å². The lowest BCUT2D eigenvalue weighted by atomic mass is 9.99. The molecule has 0 aliphatic carbocycles. The molecule has 0 N–H and O–H groups in total. The molecule has 82 valence electrons. The molecule has 2 heteroatoms. The van der Waals surface area contributed by atoms with Crippen molar-refractivity contribution in [1.82, 2.24) is 0 Å². The molecular weight excluding hydrogens is 188 g/mol. The summed E-state index contributed by atoms with van der Waals surface area (Å²) >= 11 is 0. The van der Waals surface area contributed by atoms with E-state index in [-0.39, 0.29) is 11.7 Å². The van der Waals surface area contributed by atoms with Crippen molar-refractivity contribution in [3.05, 3.63) is 35.8 Å². The van der Waals surface area contributed by atoms with Gasteiger partial charge in [-0.3, -0.25) is 0 Å². The molecule has 2 rings (SSSR count). The zero-order valence-electron chi connectivity index (χ0n) is 9.67. The molecule has 1 aliphatic heterocycles. The Hall–Kier alpha value is -1.02. The van der Waals surface area contributed by atoms with Gasteiger partial charge in [0, 0.05) is 0 Å². The molecule has 15 heavy (non-hydrogen) atoms. The highest BCUT2D eigenvalue weighted by molar-refractivity contribution is 5.16. The van der Waals surface area contributed by atoms with Crippen molar-refractivity contribution >= 4 is 0 Å². The van der Waals surface area contributed by atoms with Crippen LogP contribution in [0.5, 0.6) is 0 Å². The zero-order valence-corrected chi connectivity index (χ0v) is 9.67. The molecule has 1 aromatic rings. The van der Waals surface area contributed by atoms with Crippen LogP contribution in [0.15, 0.2) is 28.7 Å². The van der Waals surface area contributed by atoms with Gasteiger partial charge in [-0.1, -0.05) is 12.2 Å². The van der Waals surface area contributed by atoms with Crippen LogP contribution in [0.25, 0.3) is 0 Å². The van der Waals surface area contributed by atoms with Gasteiger partial charge < -0.3 is 9.15 Å². The summed E-state index contributed by atoms with van der Waals surface area (Å²) in [5.74, 6) is 1.87. The number of hydrogen-bond donors (Lipinski definition) is 0. The van der Waals surface area contributed by atoms with Crippen LogP contribution in [0.2, 0.25) is 0 Å². The maximum Gasteiger partial charge on any atom is 0.135 e. The van der Waals surface area contributed by atoms with Crippen LogP contribution in [0.1, 0.15) is 38.2 Å². The van der Waals surface area contributed by atoms with Crippen LogP contribution in [0, 0.1) is 6.92 Å². The molecule has 0 bridgehead atoms. The highest BCUT2D eigenvalue weighted by Crippen LogP contribution is 2.41. The summed E-state index contributed by atoms with van der Waals surface area (Å²) in [6, 6.07) is 3.99. The van der Waals surface area contributed by atoms with Crippen molar-refractivity contribution in [1.29, 1.82) is 0 Å². The van der Waals surface area contributed by atoms with Crippen molar-refractivity contribution in [3.8, 4) is 0 Å². The maximum atomic E-state index is 6.02. The Balaban J connectivity index is 2.19. The first-order valence-electron chi connectivity index (χ1n) is 5.41. The molecule has 0 radical (unpaired) electrons. The van der Waals surface area contributed by atoms with Gasteiger partial charge in [0.2, 0.25) is 0 Å². The van der Waals surface area contributed by atoms with Gasteiger partial charge in [0.1, 0.15) is 17.1 Å². The summed E-state index contributed by atoms with van der Waals surface area (Å²) in [7, 11) is 0. The van der Waals surface area contributed by atoms with Crippen LogP contribution < -0.4 is 0 Å². The Bertz CT molecular complexity index is 378. The highest BCUT2D eigenvalue weighted by atomic mass is 16.5. The average Bonchev–Trinajstić information content (AvgIpc) is 2.73. The number of ether oxygens (including phenoxy) is 1. The fourth-order valence-electron chi connectivity index (χ4n) is 2.09. The van der Waals surface area contributed by atoms with Crippen molar-refractivity contribution in [2.75, 3.05) is 0 Å². The van der Waals surface area contributed by atoms with E-state index in [0.717, 1.165) is 29.9 Å². The van der Waals surface area contributed by atoms with E-state index in [1.54, 1.807) is 0 Å². The molecule has 2 atom stereocenters. The Kier molecular flexibility index (Phi) is 2.47. The first-order valence-corrected chi connectivity index (χ1v) is 5.41. The minimum absolute atomic E-state index is 0.181. The van der Waals surface area contributed by atoms with Gasteiger partial charge in [-0.05, 0) is 45.7 Å². The quantitative estimate of drug-likeness (QED) is 0.690. The first kappa shape index (κ1) is 10.5. The Morgan fingerprint density at radius 1 is 1.53 bits per heavy atom. The molecule has 2 heterocycles. The fourth-order valence-corrected chi connectivity index (χ4v) is 2.09. The molecule has 1 aromatic heterocycles. The largest absolute Gasteiger partial charge is 0.463 e. The summed E-state index contributed by atoms with van der Waals surface area (Å²) in [4.78, 5) is 0. The van der Waals surface area contributed by atoms with E-state index in [1.165, 1.54) is 0 Å². The summed E-state index contributed by atoms with van der Waals surface area (Å²) in [6.07, 6.45) is 2.21. The summed E-state index contributed by atoms with van der Waals surface area (Å²) in [5.41, 5.74) is 0.833. The van der Waals surface area contributed by atoms with Gasteiger partial charge in [0.05, 0.1) is 6.10 Å². The second kappa shape index (κ2) is 3.53. The van der Waals surface area contributed by atoms with Crippen LogP contribution in [-0.2, 0) is 10.3 Å². The van der Waals surface area contributed by atoms with Gasteiger partial charge in [-0.2, -0.15) is 0 Å². The zero-order chi connectivity index (χ0) is 11.1. The van der Waals surface area contributed by atoms with E-state index in [9.17, 15) is 0 Å². The smallest absolute Gasteiger partial charge is 0.135 e. The lowest BCUT2D eigenvalue weighted by molar-refractivity contribution is -0.0324. The molecule has 0 amide bonds. The molecule has 2 nitrogen and oxygen atoms in total. The molecule has 0 saturated carbocycles. The number of rotatable bonds is 2. The van der Waals surface area contributed by atoms with E-state index >= 15 is 0 Å². The van der Waals surface area contributed by atoms with Crippen LogP contribution >= 0.6 is 0 Å². The van der Waals surface area contributed by atoms with E-state index < -0.39 is 0 Å². The topological polar surface area (TPSA) is 22.4 Å². The number of aryl methyl sites for hydroxylation is 1. The average molecular weight is 206 g/mol. The van der Waals surface area contributed by atoms with Gasteiger partial charge in [0.25, 0.3) is 0 Å².